The van der Waals surface area contributed by atoms with Crippen LogP contribution < -0.4 is 40.7 Å². The fraction of sp³-hybridized carbons (Fsp3) is 0.441. The third kappa shape index (κ3) is 41.1. The first-order valence-electron chi connectivity index (χ1n) is 44.9. The summed E-state index contributed by atoms with van der Waals surface area (Å²) in [6, 6.07) is 53.7. The van der Waals surface area contributed by atoms with E-state index in [1.807, 2.05) is 191 Å². The first-order chi connectivity index (χ1) is 63.0. The highest BCUT2D eigenvalue weighted by Gasteiger charge is 2.14. The average molecular weight is 1940 g/mol. The summed E-state index contributed by atoms with van der Waals surface area (Å²) >= 11 is 27.6. The van der Waals surface area contributed by atoms with Crippen LogP contribution in [0.1, 0.15) is 126 Å². The van der Waals surface area contributed by atoms with E-state index in [4.69, 9.17) is 85.0 Å². The van der Waals surface area contributed by atoms with Crippen LogP contribution in [0.5, 0.6) is 23.0 Å². The highest BCUT2D eigenvalue weighted by molar-refractivity contribution is 7.25. The van der Waals surface area contributed by atoms with Crippen molar-refractivity contribution in [2.24, 2.45) is 0 Å². The van der Waals surface area contributed by atoms with Gasteiger partial charge in [-0.05, 0) is 245 Å². The number of unbranched alkanes of at least 4 members (excludes halogenated alkanes) is 2. The number of nitrogens with zero attached hydrogens (tertiary/aromatic N) is 5. The van der Waals surface area contributed by atoms with Crippen LogP contribution in [0.2, 0.25) is 0 Å². The van der Waals surface area contributed by atoms with Gasteiger partial charge in [0.05, 0.1) is 46.1 Å². The van der Waals surface area contributed by atoms with Gasteiger partial charge in [0.15, 0.2) is 21.7 Å². The molecule has 4 heterocycles. The van der Waals surface area contributed by atoms with Crippen LogP contribution in [0, 0.1) is 0 Å². The van der Waals surface area contributed by atoms with Crippen LogP contribution in [0.25, 0.3) is 80.7 Å². The molecule has 4 aromatic heterocycles. The first-order valence-corrected chi connectivity index (χ1v) is 50.1. The number of ether oxygens (including phenoxy) is 6. The van der Waals surface area contributed by atoms with Gasteiger partial charge in [-0.25, -0.2) is 4.79 Å². The average Bonchev–Trinajstić information content (AvgIpc) is 0.795. The summed E-state index contributed by atoms with van der Waals surface area (Å²) in [5.74, 6) is 3.47. The third-order valence-corrected chi connectivity index (χ3v) is 25.8. The standard InChI is InChI=1S/C23H26ClNO4S.C23H25NO4S.C20H23NO3S.C16H13ClO2S.2C6H15N.C5H12O.C3H4Cl2O/c1-25(13-5-15-29-22(26)10-11-24)12-4-14-28-17-8-9-21-19(16-17)23(27)18-6-2-3-7-20(18)30-21;1-3-22(25)28-15-7-13-24(2)12-6-14-27-17-10-11-21-19(16-17)23(26)18-8-4-5-9-20(18)29-21;1-21(10-4-12-22)11-5-13-24-15-8-9-19-17(14-15)20(23)16-6-2-3-7-18(16)25-19;17-8-3-9-19-11-6-7-15-13(10-11)16(18)12-4-1-2-5-14(12)20-15;2*1-4-7(5-2)6-3;1-2-3-4-5-6;4-2-1-3(5)6/h2-3,6-9,16H,4-5,10-15H2,1H3;3-5,8-11,16H,1,6-7,12-15H2,2H3;2-3,6-9,14,22H,4-5,10-13H2,1H3;1-2,4-7,10H,3,8-9H2;2*4-6H2,1-3H3;6H,2-5H2,1H3;1-2H2. The summed E-state index contributed by atoms with van der Waals surface area (Å²) in [5.41, 5.74) is 0.239. The van der Waals surface area contributed by atoms with Crippen LogP contribution in [0.4, 0.5) is 0 Å². The Kier molecular flexibility index (Phi) is 57.2. The fourth-order valence-corrected chi connectivity index (χ4v) is 17.8. The van der Waals surface area contributed by atoms with Crippen molar-refractivity contribution in [2.45, 2.75) is 126 Å². The molecule has 0 spiro atoms. The predicted octanol–water partition coefficient (Wildman–Crippen LogP) is 22.1. The molecule has 2 N–H and O–H groups in total. The monoisotopic (exact) mass is 1940 g/mol. The topological polar surface area (TPSA) is 232 Å². The van der Waals surface area contributed by atoms with E-state index >= 15 is 0 Å². The Bertz CT molecular complexity index is 5550. The van der Waals surface area contributed by atoms with E-state index < -0.39 is 0 Å². The molecule has 8 aromatic carbocycles. The van der Waals surface area contributed by atoms with Gasteiger partial charge in [-0.3, -0.25) is 28.8 Å². The van der Waals surface area contributed by atoms with E-state index in [1.165, 1.54) is 51.8 Å². The molecule has 130 heavy (non-hydrogen) atoms. The van der Waals surface area contributed by atoms with Gasteiger partial charge in [-0.15, -0.1) is 80.1 Å². The summed E-state index contributed by atoms with van der Waals surface area (Å²) in [7, 11) is 6.11. The van der Waals surface area contributed by atoms with Crippen LogP contribution in [0.3, 0.4) is 0 Å². The van der Waals surface area contributed by atoms with E-state index in [-0.39, 0.29) is 58.3 Å². The summed E-state index contributed by atoms with van der Waals surface area (Å²) in [4.78, 5) is 94.0. The van der Waals surface area contributed by atoms with Gasteiger partial charge in [-0.2, -0.15) is 0 Å². The minimum absolute atomic E-state index is 0.0521. The minimum Gasteiger partial charge on any atom is -0.494 e. The molecule has 0 saturated heterocycles. The Balaban J connectivity index is 0.000000282. The smallest absolute Gasteiger partial charge is 0.330 e. The summed E-state index contributed by atoms with van der Waals surface area (Å²) in [5, 5.41) is 22.6. The molecule has 0 bridgehead atoms. The van der Waals surface area contributed by atoms with Gasteiger partial charge in [-0.1, -0.05) is 116 Å². The van der Waals surface area contributed by atoms with Crippen molar-refractivity contribution in [3.8, 4) is 23.0 Å². The number of alkyl halides is 3. The number of aliphatic hydroxyl groups is 2. The van der Waals surface area contributed by atoms with Gasteiger partial charge >= 0.3 is 11.9 Å². The third-order valence-electron chi connectivity index (χ3n) is 20.4. The number of fused-ring (bicyclic) bond motifs is 8. The molecule has 0 amide bonds. The van der Waals surface area contributed by atoms with Gasteiger partial charge in [0, 0.05) is 163 Å². The quantitative estimate of drug-likeness (QED) is 0.00902. The van der Waals surface area contributed by atoms with Gasteiger partial charge < -0.3 is 63.1 Å². The molecule has 0 saturated carbocycles. The highest BCUT2D eigenvalue weighted by Crippen LogP contribution is 2.32. The molecule has 0 aliphatic carbocycles. The molecule has 0 radical (unpaired) electrons. The molecule has 0 unspecified atom stereocenters. The molecule has 20 nitrogen and oxygen atoms in total. The van der Waals surface area contributed by atoms with Crippen LogP contribution in [-0.4, -0.2) is 222 Å². The van der Waals surface area contributed by atoms with Gasteiger partial charge in [0.25, 0.3) is 0 Å². The Morgan fingerprint density at radius 2 is 0.623 bits per heavy atom. The van der Waals surface area contributed by atoms with Gasteiger partial charge in [0.2, 0.25) is 5.24 Å². The van der Waals surface area contributed by atoms with Crippen molar-refractivity contribution >= 4 is 190 Å². The Hall–Kier alpha value is -8.25. The van der Waals surface area contributed by atoms with Crippen LogP contribution >= 0.6 is 91.8 Å². The molecular formula is C102H133Cl4N5O15S4. The fourth-order valence-electron chi connectivity index (χ4n) is 13.0. The number of carbonyl (C=O) groups excluding carboxylic acids is 3. The van der Waals surface area contributed by atoms with Crippen molar-refractivity contribution in [1.82, 2.24) is 24.5 Å². The number of carbonyl (C=O) groups is 3. The minimum atomic E-state index is -0.383. The first kappa shape index (κ1) is 112. The lowest BCUT2D eigenvalue weighted by atomic mass is 10.2. The van der Waals surface area contributed by atoms with Crippen LogP contribution in [-0.2, 0) is 23.9 Å². The zero-order valence-corrected chi connectivity index (χ0v) is 83.6. The number of hydrogen-bond donors (Lipinski definition) is 2. The maximum Gasteiger partial charge on any atom is 0.330 e. The molecule has 12 rings (SSSR count). The second kappa shape index (κ2) is 66.2. The largest absolute Gasteiger partial charge is 0.494 e. The van der Waals surface area contributed by atoms with E-state index in [9.17, 15) is 33.6 Å². The molecule has 0 aliphatic heterocycles. The van der Waals surface area contributed by atoms with Crippen molar-refractivity contribution in [1.29, 1.82) is 0 Å². The molecule has 708 valence electrons. The second-order valence-corrected chi connectivity index (χ2v) is 35.9. The SMILES string of the molecule is C=CC(=O)OCCCN(C)CCCOc1ccc2sc3ccccc3c(=O)c2c1.CCCCCO.CCN(CC)CC.CCN(CC)CC.CN(CCCO)CCCOc1ccc2sc3ccccc3c(=O)c2c1.CN(CCCOC(=O)CCCl)CCCOc1ccc2sc3ccccc3c(=O)c2c1.O=C(Cl)CCCl.O=c1c2ccccc2sc2ccc(OCCCCl)cc12. The lowest BCUT2D eigenvalue weighted by Gasteiger charge is -2.16. The molecular weight excluding hydrogens is 1810 g/mol. The zero-order chi connectivity index (χ0) is 94.8. The molecule has 12 aromatic rings. The van der Waals surface area contributed by atoms with Crippen molar-refractivity contribution < 1.29 is 53.0 Å². The van der Waals surface area contributed by atoms with Crippen molar-refractivity contribution in [2.75, 3.05) is 170 Å². The number of benzene rings is 8. The van der Waals surface area contributed by atoms with E-state index in [2.05, 4.69) is 79.5 Å². The number of halogens is 4. The lowest BCUT2D eigenvalue weighted by Crippen LogP contribution is -2.23. The predicted molar refractivity (Wildman–Crippen MR) is 554 cm³/mol. The highest BCUT2D eigenvalue weighted by atomic mass is 35.5. The van der Waals surface area contributed by atoms with Crippen molar-refractivity contribution in [3.05, 3.63) is 223 Å². The zero-order valence-electron chi connectivity index (χ0n) is 77.3. The summed E-state index contributed by atoms with van der Waals surface area (Å²) in [6.45, 7) is 34.7. The maximum absolute atomic E-state index is 12.8. The van der Waals surface area contributed by atoms with E-state index in [0.29, 0.717) is 74.7 Å². The van der Waals surface area contributed by atoms with Gasteiger partial charge in [0.1, 0.15) is 23.0 Å². The molecule has 0 fully saturated rings. The summed E-state index contributed by atoms with van der Waals surface area (Å²) in [6.07, 6.45) is 10.8. The molecule has 28 heteroatoms. The number of esters is 2. The van der Waals surface area contributed by atoms with E-state index in [0.717, 1.165) is 190 Å². The Morgan fingerprint density at radius 3 is 0.869 bits per heavy atom. The Morgan fingerprint density at radius 1 is 0.346 bits per heavy atom. The molecule has 0 aliphatic rings. The maximum atomic E-state index is 12.8. The van der Waals surface area contributed by atoms with Crippen molar-refractivity contribution in [3.63, 3.8) is 0 Å². The lowest BCUT2D eigenvalue weighted by molar-refractivity contribution is -0.143. The Labute approximate surface area is 803 Å². The number of hydrogen-bond acceptors (Lipinski definition) is 24. The number of rotatable bonds is 44. The summed E-state index contributed by atoms with van der Waals surface area (Å²) < 4.78 is 41.2. The normalized spacial score (nSPS) is 10.9. The van der Waals surface area contributed by atoms with E-state index in [1.54, 1.807) is 45.3 Å². The second-order valence-electron chi connectivity index (χ2n) is 30.0. The molecule has 0 atom stereocenters. The van der Waals surface area contributed by atoms with Crippen LogP contribution in [0.15, 0.2) is 202 Å². The number of aliphatic hydroxyl groups excluding tert-OH is 2.